The smallest absolute Gasteiger partial charge is 0.185 e. The molecule has 1 aromatic carbocycles. The molecule has 2 rings (SSSR count). The molecule has 0 aromatic heterocycles. The van der Waals surface area contributed by atoms with E-state index in [9.17, 15) is 5.11 Å². The Hall–Kier alpha value is -1.01. The third-order valence-corrected chi connectivity index (χ3v) is 4.54. The van der Waals surface area contributed by atoms with E-state index in [0.717, 1.165) is 33.3 Å². The quantitative estimate of drug-likeness (QED) is 0.795. The number of phenols is 1. The van der Waals surface area contributed by atoms with E-state index >= 15 is 0 Å². The van der Waals surface area contributed by atoms with Crippen LogP contribution in [0.5, 0.6) is 5.75 Å². The Balaban J connectivity index is 0.00000242. The maximum absolute atomic E-state index is 10.3. The van der Waals surface area contributed by atoms with Crippen molar-refractivity contribution in [3.63, 3.8) is 0 Å². The van der Waals surface area contributed by atoms with Gasteiger partial charge in [-0.05, 0) is 35.6 Å². The SMILES string of the molecule is Br.Cc1cc(C2=NN=C(N(C)C)SC2)cc(C(C)(C)C)c1O. The summed E-state index contributed by atoms with van der Waals surface area (Å²) >= 11 is 1.68. The first kappa shape index (κ1) is 19.0. The Morgan fingerprint density at radius 2 is 1.82 bits per heavy atom. The van der Waals surface area contributed by atoms with Gasteiger partial charge >= 0.3 is 0 Å². The first-order valence-corrected chi connectivity index (χ1v) is 7.98. The van der Waals surface area contributed by atoms with Crippen molar-refractivity contribution in [1.29, 1.82) is 0 Å². The Morgan fingerprint density at radius 3 is 2.27 bits per heavy atom. The zero-order valence-corrected chi connectivity index (χ0v) is 16.5. The maximum atomic E-state index is 10.3. The predicted molar refractivity (Wildman–Crippen MR) is 102 cm³/mol. The Labute approximate surface area is 147 Å². The van der Waals surface area contributed by atoms with E-state index in [1.165, 1.54) is 0 Å². The molecule has 0 fully saturated rings. The minimum atomic E-state index is -0.106. The fourth-order valence-electron chi connectivity index (χ4n) is 2.17. The van der Waals surface area contributed by atoms with Gasteiger partial charge in [0, 0.05) is 25.4 Å². The summed E-state index contributed by atoms with van der Waals surface area (Å²) in [4.78, 5) is 1.97. The van der Waals surface area contributed by atoms with Crippen LogP contribution in [0.1, 0.15) is 37.5 Å². The van der Waals surface area contributed by atoms with Gasteiger partial charge in [0.2, 0.25) is 0 Å². The first-order valence-electron chi connectivity index (χ1n) is 6.99. The van der Waals surface area contributed by atoms with Crippen LogP contribution in [0.15, 0.2) is 22.3 Å². The van der Waals surface area contributed by atoms with Gasteiger partial charge in [0.05, 0.1) is 5.71 Å². The molecule has 0 aliphatic carbocycles. The lowest BCUT2D eigenvalue weighted by molar-refractivity contribution is 0.443. The molecule has 0 amide bonds. The number of aryl methyl sites for hydroxylation is 1. The predicted octanol–water partition coefficient (Wildman–Crippen LogP) is 3.94. The van der Waals surface area contributed by atoms with E-state index in [1.807, 2.05) is 38.1 Å². The zero-order valence-electron chi connectivity index (χ0n) is 14.0. The zero-order chi connectivity index (χ0) is 15.8. The van der Waals surface area contributed by atoms with E-state index in [0.29, 0.717) is 5.75 Å². The number of thioether (sulfide) groups is 1. The van der Waals surface area contributed by atoms with E-state index in [4.69, 9.17) is 0 Å². The Morgan fingerprint density at radius 1 is 1.18 bits per heavy atom. The normalized spacial score (nSPS) is 14.8. The van der Waals surface area contributed by atoms with Gasteiger partial charge in [-0.3, -0.25) is 0 Å². The van der Waals surface area contributed by atoms with Crippen molar-refractivity contribution >= 4 is 39.6 Å². The van der Waals surface area contributed by atoms with Gasteiger partial charge in [-0.15, -0.1) is 22.1 Å². The summed E-state index contributed by atoms with van der Waals surface area (Å²) in [6.45, 7) is 8.24. The summed E-state index contributed by atoms with van der Waals surface area (Å²) in [6.07, 6.45) is 0. The standard InChI is InChI=1S/C16H23N3OS.BrH/c1-10-7-11(8-12(14(10)20)16(2,3)4)13-9-21-15(18-17-13)19(5)6;/h7-8,20H,9H2,1-6H3;1H. The van der Waals surface area contributed by atoms with Crippen molar-refractivity contribution in [2.75, 3.05) is 19.8 Å². The highest BCUT2D eigenvalue weighted by molar-refractivity contribution is 8.93. The largest absolute Gasteiger partial charge is 0.507 e. The molecule has 0 radical (unpaired) electrons. The molecule has 0 bridgehead atoms. The van der Waals surface area contributed by atoms with Gasteiger partial charge in [-0.2, -0.15) is 5.10 Å². The van der Waals surface area contributed by atoms with Crippen LogP contribution >= 0.6 is 28.7 Å². The van der Waals surface area contributed by atoms with Crippen LogP contribution < -0.4 is 0 Å². The van der Waals surface area contributed by atoms with Crippen LogP contribution in [0, 0.1) is 6.92 Å². The van der Waals surface area contributed by atoms with E-state index in [2.05, 4.69) is 31.0 Å². The lowest BCUT2D eigenvalue weighted by Gasteiger charge is -2.23. The average molecular weight is 386 g/mol. The van der Waals surface area contributed by atoms with Crippen LogP contribution in [-0.4, -0.2) is 40.7 Å². The summed E-state index contributed by atoms with van der Waals surface area (Å²) in [6, 6.07) is 4.03. The molecule has 0 atom stereocenters. The number of amidine groups is 1. The van der Waals surface area contributed by atoms with Crippen LogP contribution in [-0.2, 0) is 5.41 Å². The molecule has 22 heavy (non-hydrogen) atoms. The number of halogens is 1. The van der Waals surface area contributed by atoms with Crippen molar-refractivity contribution < 1.29 is 5.11 Å². The molecule has 0 spiro atoms. The highest BCUT2D eigenvalue weighted by Crippen LogP contribution is 2.34. The van der Waals surface area contributed by atoms with Gasteiger partial charge in [0.1, 0.15) is 5.75 Å². The molecule has 1 N–H and O–H groups in total. The molecule has 0 saturated carbocycles. The monoisotopic (exact) mass is 385 g/mol. The Kier molecular flexibility index (Phi) is 6.10. The van der Waals surface area contributed by atoms with Crippen molar-refractivity contribution in [2.24, 2.45) is 10.2 Å². The van der Waals surface area contributed by atoms with Gasteiger partial charge < -0.3 is 10.0 Å². The third-order valence-electron chi connectivity index (χ3n) is 3.42. The number of hydrogen-bond acceptors (Lipinski definition) is 5. The lowest BCUT2D eigenvalue weighted by atomic mass is 9.83. The fraction of sp³-hybridized carbons (Fsp3) is 0.500. The van der Waals surface area contributed by atoms with E-state index in [1.54, 1.807) is 11.8 Å². The lowest BCUT2D eigenvalue weighted by Crippen LogP contribution is -2.23. The fourth-order valence-corrected chi connectivity index (χ4v) is 3.02. The second kappa shape index (κ2) is 7.04. The molecular formula is C16H24BrN3OS. The number of phenolic OH excluding ortho intramolecular Hbond substituents is 1. The number of hydrogen-bond donors (Lipinski definition) is 1. The van der Waals surface area contributed by atoms with Gasteiger partial charge in [-0.25, -0.2) is 0 Å². The van der Waals surface area contributed by atoms with E-state index < -0.39 is 0 Å². The highest BCUT2D eigenvalue weighted by atomic mass is 79.9. The number of aromatic hydroxyl groups is 1. The van der Waals surface area contributed by atoms with E-state index in [-0.39, 0.29) is 22.4 Å². The first-order chi connectivity index (χ1) is 9.70. The molecule has 1 heterocycles. The van der Waals surface area contributed by atoms with Gasteiger partial charge in [0.25, 0.3) is 0 Å². The number of nitrogens with zero attached hydrogens (tertiary/aromatic N) is 3. The molecular weight excluding hydrogens is 362 g/mol. The molecule has 1 aliphatic heterocycles. The number of rotatable bonds is 1. The molecule has 4 nitrogen and oxygen atoms in total. The molecule has 1 aromatic rings. The molecule has 0 unspecified atom stereocenters. The van der Waals surface area contributed by atoms with Crippen LogP contribution in [0.2, 0.25) is 0 Å². The molecule has 0 saturated heterocycles. The number of benzene rings is 1. The van der Waals surface area contributed by atoms with Crippen molar-refractivity contribution in [1.82, 2.24) is 4.90 Å². The maximum Gasteiger partial charge on any atom is 0.185 e. The molecule has 6 heteroatoms. The Bertz CT molecular complexity index is 619. The third kappa shape index (κ3) is 4.04. The summed E-state index contributed by atoms with van der Waals surface area (Å²) in [5.41, 5.74) is 3.73. The summed E-state index contributed by atoms with van der Waals surface area (Å²) in [5.74, 6) is 1.18. The average Bonchev–Trinajstić information content (AvgIpc) is 2.40. The summed E-state index contributed by atoms with van der Waals surface area (Å²) < 4.78 is 0. The van der Waals surface area contributed by atoms with Crippen LogP contribution in [0.4, 0.5) is 0 Å². The highest BCUT2D eigenvalue weighted by Gasteiger charge is 2.22. The summed E-state index contributed by atoms with van der Waals surface area (Å²) in [5, 5.41) is 19.8. The minimum absolute atomic E-state index is 0. The van der Waals surface area contributed by atoms with Gasteiger partial charge in [0.15, 0.2) is 5.17 Å². The second-order valence-electron chi connectivity index (χ2n) is 6.55. The van der Waals surface area contributed by atoms with Crippen molar-refractivity contribution in [2.45, 2.75) is 33.1 Å². The van der Waals surface area contributed by atoms with Crippen molar-refractivity contribution in [3.05, 3.63) is 28.8 Å². The molecule has 122 valence electrons. The van der Waals surface area contributed by atoms with Gasteiger partial charge in [-0.1, -0.05) is 32.5 Å². The van der Waals surface area contributed by atoms with Crippen LogP contribution in [0.3, 0.4) is 0 Å². The van der Waals surface area contributed by atoms with Crippen LogP contribution in [0.25, 0.3) is 0 Å². The topological polar surface area (TPSA) is 48.2 Å². The van der Waals surface area contributed by atoms with Crippen molar-refractivity contribution in [3.8, 4) is 5.75 Å². The second-order valence-corrected chi connectivity index (χ2v) is 7.49. The minimum Gasteiger partial charge on any atom is -0.507 e. The summed E-state index contributed by atoms with van der Waals surface area (Å²) in [7, 11) is 3.93. The molecule has 1 aliphatic rings.